The quantitative estimate of drug-likeness (QED) is 0.619. The van der Waals surface area contributed by atoms with Crippen LogP contribution in [0.5, 0.6) is 0 Å². The molecule has 1 unspecified atom stereocenters. The molecule has 0 saturated carbocycles. The first-order chi connectivity index (χ1) is 6.59. The third-order valence-corrected chi connectivity index (χ3v) is 3.38. The van der Waals surface area contributed by atoms with E-state index in [-0.39, 0.29) is 0 Å². The minimum atomic E-state index is 0.655. The van der Waals surface area contributed by atoms with Gasteiger partial charge < -0.3 is 9.80 Å². The van der Waals surface area contributed by atoms with Gasteiger partial charge in [0.05, 0.1) is 20.6 Å². The van der Waals surface area contributed by atoms with Gasteiger partial charge in [-0.1, -0.05) is 18.2 Å². The van der Waals surface area contributed by atoms with Crippen LogP contribution >= 0.6 is 0 Å². The minimum Gasteiger partial charge on any atom is -0.379 e. The van der Waals surface area contributed by atoms with E-state index in [0.717, 1.165) is 17.6 Å². The number of hydrogen-bond donors (Lipinski definition) is 1. The van der Waals surface area contributed by atoms with E-state index in [4.69, 9.17) is 0 Å². The molecule has 2 rings (SSSR count). The minimum absolute atomic E-state index is 0.655. The van der Waals surface area contributed by atoms with Crippen molar-refractivity contribution < 1.29 is 4.48 Å². The number of fused-ring (bicyclic) bond motifs is 1. The summed E-state index contributed by atoms with van der Waals surface area (Å²) in [5, 5.41) is 3.51. The average molecular weight is 191 g/mol. The highest BCUT2D eigenvalue weighted by Gasteiger charge is 2.28. The van der Waals surface area contributed by atoms with Crippen LogP contribution in [-0.4, -0.2) is 31.2 Å². The Bertz CT molecular complexity index is 331. The second kappa shape index (κ2) is 3.28. The summed E-state index contributed by atoms with van der Waals surface area (Å²) in [4.78, 5) is 0. The number of rotatable bonds is 0. The predicted octanol–water partition coefficient (Wildman–Crippen LogP) is 2.08. The Hall–Kier alpha value is -1.02. The van der Waals surface area contributed by atoms with Gasteiger partial charge in [0.25, 0.3) is 0 Å². The van der Waals surface area contributed by atoms with Gasteiger partial charge in [-0.25, -0.2) is 0 Å². The Morgan fingerprint density at radius 2 is 2.00 bits per heavy atom. The van der Waals surface area contributed by atoms with E-state index in [1.807, 2.05) is 0 Å². The van der Waals surface area contributed by atoms with Gasteiger partial charge in [0.1, 0.15) is 12.6 Å². The Kier molecular flexibility index (Phi) is 2.23. The Balaban J connectivity index is 2.36. The Morgan fingerprint density at radius 3 is 2.79 bits per heavy atom. The highest BCUT2D eigenvalue weighted by Crippen LogP contribution is 2.24. The van der Waals surface area contributed by atoms with Crippen LogP contribution in [0.4, 0.5) is 5.69 Å². The van der Waals surface area contributed by atoms with Crippen LogP contribution in [0.15, 0.2) is 24.3 Å². The molecule has 0 radical (unpaired) electrons. The van der Waals surface area contributed by atoms with Crippen molar-refractivity contribution in [3.05, 3.63) is 29.8 Å². The number of likely N-dealkylation sites (N-methyl/N-ethyl adjacent to an activating group) is 1. The van der Waals surface area contributed by atoms with Gasteiger partial charge in [-0.05, 0) is 13.0 Å². The van der Waals surface area contributed by atoms with E-state index in [0.29, 0.717) is 6.04 Å². The van der Waals surface area contributed by atoms with Crippen LogP contribution in [0.3, 0.4) is 0 Å². The third-order valence-electron chi connectivity index (χ3n) is 3.38. The lowest BCUT2D eigenvalue weighted by atomic mass is 10.1. The lowest BCUT2D eigenvalue weighted by Crippen LogP contribution is -2.48. The van der Waals surface area contributed by atoms with Crippen molar-refractivity contribution in [2.24, 2.45) is 0 Å². The highest BCUT2D eigenvalue weighted by molar-refractivity contribution is 5.51. The molecule has 2 heteroatoms. The first kappa shape index (κ1) is 9.53. The second-order valence-corrected chi connectivity index (χ2v) is 4.82. The summed E-state index contributed by atoms with van der Waals surface area (Å²) < 4.78 is 1.06. The molecule has 2 nitrogen and oxygen atoms in total. The molecule has 1 N–H and O–H groups in total. The van der Waals surface area contributed by atoms with E-state index >= 15 is 0 Å². The van der Waals surface area contributed by atoms with Crippen LogP contribution in [-0.2, 0) is 6.54 Å². The van der Waals surface area contributed by atoms with Crippen molar-refractivity contribution in [3.8, 4) is 0 Å². The maximum absolute atomic E-state index is 3.51. The zero-order valence-corrected chi connectivity index (χ0v) is 9.25. The first-order valence-corrected chi connectivity index (χ1v) is 5.24. The summed E-state index contributed by atoms with van der Waals surface area (Å²) in [6.45, 7) is 4.48. The van der Waals surface area contributed by atoms with Crippen LogP contribution in [0.1, 0.15) is 12.5 Å². The van der Waals surface area contributed by atoms with Crippen molar-refractivity contribution in [3.63, 3.8) is 0 Å². The van der Waals surface area contributed by atoms with Gasteiger partial charge in [0, 0.05) is 11.3 Å². The molecule has 0 bridgehead atoms. The molecule has 1 aliphatic rings. The number of anilines is 1. The molecule has 0 fully saturated rings. The van der Waals surface area contributed by atoms with Gasteiger partial charge in [0.15, 0.2) is 0 Å². The Labute approximate surface area is 86.1 Å². The number of para-hydroxylation sites is 1. The van der Waals surface area contributed by atoms with Gasteiger partial charge in [-0.3, -0.25) is 0 Å². The molecule has 1 aliphatic heterocycles. The van der Waals surface area contributed by atoms with Gasteiger partial charge in [-0.15, -0.1) is 0 Å². The van der Waals surface area contributed by atoms with Gasteiger partial charge >= 0.3 is 0 Å². The normalized spacial score (nSPS) is 24.6. The summed E-state index contributed by atoms with van der Waals surface area (Å²) in [7, 11) is 4.60. The Morgan fingerprint density at radius 1 is 1.29 bits per heavy atom. The first-order valence-electron chi connectivity index (χ1n) is 5.24. The molecule has 0 aliphatic carbocycles. The molecule has 1 heterocycles. The molecule has 0 aromatic heterocycles. The lowest BCUT2D eigenvalue weighted by molar-refractivity contribution is -0.923. The topological polar surface area (TPSA) is 12.0 Å². The molecular weight excluding hydrogens is 172 g/mol. The maximum atomic E-state index is 3.51. The fourth-order valence-electron chi connectivity index (χ4n) is 1.93. The summed E-state index contributed by atoms with van der Waals surface area (Å²) in [5.74, 6) is 0. The van der Waals surface area contributed by atoms with Gasteiger partial charge in [-0.2, -0.15) is 0 Å². The SMILES string of the molecule is CC1CNc2ccccc2C[N+]1(C)C. The van der Waals surface area contributed by atoms with Crippen molar-refractivity contribution in [2.45, 2.75) is 19.5 Å². The smallest absolute Gasteiger partial charge is 0.106 e. The summed E-state index contributed by atoms with van der Waals surface area (Å²) in [6.07, 6.45) is 0. The predicted molar refractivity (Wildman–Crippen MR) is 60.2 cm³/mol. The fraction of sp³-hybridized carbons (Fsp3) is 0.500. The average Bonchev–Trinajstić information content (AvgIpc) is 2.25. The van der Waals surface area contributed by atoms with E-state index in [1.54, 1.807) is 0 Å². The third kappa shape index (κ3) is 1.62. The molecule has 0 spiro atoms. The monoisotopic (exact) mass is 191 g/mol. The van der Waals surface area contributed by atoms with Crippen molar-refractivity contribution in [2.75, 3.05) is 26.0 Å². The van der Waals surface area contributed by atoms with Crippen molar-refractivity contribution >= 4 is 5.69 Å². The summed E-state index contributed by atoms with van der Waals surface area (Å²) >= 11 is 0. The van der Waals surface area contributed by atoms with Crippen molar-refractivity contribution in [1.29, 1.82) is 0 Å². The number of nitrogens with one attached hydrogen (secondary N) is 1. The van der Waals surface area contributed by atoms with Crippen LogP contribution in [0.2, 0.25) is 0 Å². The molecule has 14 heavy (non-hydrogen) atoms. The molecule has 0 amide bonds. The standard InChI is InChI=1S/C12H19N2/c1-10-8-13-12-7-5-4-6-11(12)9-14(10,2)3/h4-7,10,13H,8-9H2,1-3H3/q+1. The fourth-order valence-corrected chi connectivity index (χ4v) is 1.93. The molecule has 1 atom stereocenters. The number of benzene rings is 1. The van der Waals surface area contributed by atoms with Crippen LogP contribution < -0.4 is 5.32 Å². The number of nitrogens with zero attached hydrogens (tertiary/aromatic N) is 1. The number of hydrogen-bond acceptors (Lipinski definition) is 1. The zero-order valence-electron chi connectivity index (χ0n) is 9.25. The van der Waals surface area contributed by atoms with Crippen molar-refractivity contribution in [1.82, 2.24) is 0 Å². The van der Waals surface area contributed by atoms with Crippen LogP contribution in [0, 0.1) is 0 Å². The summed E-state index contributed by atoms with van der Waals surface area (Å²) in [5.41, 5.74) is 2.74. The molecule has 0 saturated heterocycles. The molecule has 76 valence electrons. The molecule has 1 aromatic carbocycles. The lowest BCUT2D eigenvalue weighted by Gasteiger charge is -2.34. The molecule has 1 aromatic rings. The van der Waals surface area contributed by atoms with E-state index in [9.17, 15) is 0 Å². The van der Waals surface area contributed by atoms with Gasteiger partial charge in [0.2, 0.25) is 0 Å². The highest BCUT2D eigenvalue weighted by atomic mass is 15.3. The zero-order chi connectivity index (χ0) is 10.2. The maximum Gasteiger partial charge on any atom is 0.106 e. The van der Waals surface area contributed by atoms with E-state index in [2.05, 4.69) is 50.6 Å². The number of quaternary nitrogens is 1. The van der Waals surface area contributed by atoms with E-state index < -0.39 is 0 Å². The second-order valence-electron chi connectivity index (χ2n) is 4.82. The van der Waals surface area contributed by atoms with Crippen LogP contribution in [0.25, 0.3) is 0 Å². The molecular formula is C12H19N2+. The largest absolute Gasteiger partial charge is 0.379 e. The summed E-state index contributed by atoms with van der Waals surface area (Å²) in [6, 6.07) is 9.27. The van der Waals surface area contributed by atoms with E-state index in [1.165, 1.54) is 11.3 Å².